The van der Waals surface area contributed by atoms with Crippen molar-refractivity contribution in [1.82, 2.24) is 0 Å². The predicted octanol–water partition coefficient (Wildman–Crippen LogP) is 3.53. The standard InChI is InChI=1S/C19H14F3N3O5S2/c20-19(21,22)12-4-2-5-13(8-12)24-15-9-32(29,30)10-16(15)31-18(24)23-17(26)11-3-1-6-14(7-11)25(27)28/h1-8,15-16H,9-10H2. The van der Waals surface area contributed by atoms with Gasteiger partial charge in [-0.1, -0.05) is 23.9 Å². The van der Waals surface area contributed by atoms with E-state index in [1.165, 1.54) is 35.2 Å². The minimum atomic E-state index is -4.61. The molecule has 0 aliphatic carbocycles. The number of thioether (sulfide) groups is 1. The molecule has 8 nitrogen and oxygen atoms in total. The number of carbonyl (C=O) groups excluding carboxylic acids is 1. The van der Waals surface area contributed by atoms with Crippen LogP contribution in [0.3, 0.4) is 0 Å². The van der Waals surface area contributed by atoms with Crippen molar-refractivity contribution in [3.63, 3.8) is 0 Å². The lowest BCUT2D eigenvalue weighted by Gasteiger charge is -2.25. The number of amidine groups is 1. The number of nitro benzene ring substituents is 1. The van der Waals surface area contributed by atoms with E-state index >= 15 is 0 Å². The van der Waals surface area contributed by atoms with Crippen molar-refractivity contribution in [1.29, 1.82) is 0 Å². The average molecular weight is 485 g/mol. The van der Waals surface area contributed by atoms with Crippen LogP contribution >= 0.6 is 11.8 Å². The number of sulfone groups is 1. The van der Waals surface area contributed by atoms with E-state index < -0.39 is 43.7 Å². The largest absolute Gasteiger partial charge is 0.416 e. The molecule has 0 aromatic heterocycles. The van der Waals surface area contributed by atoms with Gasteiger partial charge >= 0.3 is 6.18 Å². The lowest BCUT2D eigenvalue weighted by atomic mass is 10.1. The van der Waals surface area contributed by atoms with Crippen molar-refractivity contribution in [2.75, 3.05) is 16.4 Å². The molecule has 13 heteroatoms. The Labute approximate surface area is 184 Å². The Hall–Kier alpha value is -2.93. The Bertz CT molecular complexity index is 1250. The molecule has 0 saturated carbocycles. The molecule has 2 aliphatic rings. The summed E-state index contributed by atoms with van der Waals surface area (Å²) in [6, 6.07) is 8.56. The number of nitrogens with zero attached hydrogens (tertiary/aromatic N) is 3. The number of hydrogen-bond donors (Lipinski definition) is 0. The number of rotatable bonds is 3. The van der Waals surface area contributed by atoms with E-state index in [1.54, 1.807) is 0 Å². The van der Waals surface area contributed by atoms with Crippen LogP contribution in [0.25, 0.3) is 0 Å². The highest BCUT2D eigenvalue weighted by molar-refractivity contribution is 8.16. The van der Waals surface area contributed by atoms with Gasteiger partial charge < -0.3 is 4.90 Å². The molecule has 2 saturated heterocycles. The number of halogens is 3. The van der Waals surface area contributed by atoms with Crippen molar-refractivity contribution in [2.45, 2.75) is 17.5 Å². The fourth-order valence-electron chi connectivity index (χ4n) is 3.60. The third-order valence-electron chi connectivity index (χ3n) is 5.02. The summed E-state index contributed by atoms with van der Waals surface area (Å²) in [5.41, 5.74) is -1.25. The molecule has 168 valence electrons. The van der Waals surface area contributed by atoms with Crippen LogP contribution < -0.4 is 4.90 Å². The third-order valence-corrected chi connectivity index (χ3v) is 8.23. The van der Waals surface area contributed by atoms with Crippen molar-refractivity contribution < 1.29 is 31.3 Å². The molecule has 2 unspecified atom stereocenters. The minimum absolute atomic E-state index is 0.0470. The van der Waals surface area contributed by atoms with E-state index in [2.05, 4.69) is 4.99 Å². The Kier molecular flexibility index (Phi) is 5.49. The molecule has 2 aromatic carbocycles. The quantitative estimate of drug-likeness (QED) is 0.483. The minimum Gasteiger partial charge on any atom is -0.316 e. The summed E-state index contributed by atoms with van der Waals surface area (Å²) in [5, 5.41) is 10.5. The first-order valence-corrected chi connectivity index (χ1v) is 11.9. The summed E-state index contributed by atoms with van der Waals surface area (Å²) >= 11 is 0.994. The van der Waals surface area contributed by atoms with Gasteiger partial charge in [0.1, 0.15) is 0 Å². The van der Waals surface area contributed by atoms with Crippen LogP contribution in [-0.2, 0) is 16.0 Å². The molecular weight excluding hydrogens is 471 g/mol. The highest BCUT2D eigenvalue weighted by atomic mass is 32.2. The van der Waals surface area contributed by atoms with Gasteiger partial charge in [0.15, 0.2) is 15.0 Å². The van der Waals surface area contributed by atoms with E-state index in [1.807, 2.05) is 0 Å². The fourth-order valence-corrected chi connectivity index (χ4v) is 7.51. The maximum absolute atomic E-state index is 13.2. The normalized spacial score (nSPS) is 23.3. The second-order valence-corrected chi connectivity index (χ2v) is 10.6. The molecule has 2 aliphatic heterocycles. The van der Waals surface area contributed by atoms with Crippen LogP contribution in [0.5, 0.6) is 0 Å². The SMILES string of the molecule is O=C(N=C1SC2CS(=O)(=O)CC2N1c1cccc(C(F)(F)F)c1)c1cccc([N+](=O)[O-])c1. The zero-order chi connectivity index (χ0) is 23.3. The van der Waals surface area contributed by atoms with Gasteiger partial charge in [-0.3, -0.25) is 14.9 Å². The first kappa shape index (κ1) is 22.3. The molecule has 2 fully saturated rings. The van der Waals surface area contributed by atoms with Gasteiger partial charge in [0.05, 0.1) is 28.0 Å². The average Bonchev–Trinajstić information content (AvgIpc) is 3.18. The highest BCUT2D eigenvalue weighted by Crippen LogP contribution is 2.42. The Morgan fingerprint density at radius 3 is 2.56 bits per heavy atom. The molecule has 32 heavy (non-hydrogen) atoms. The molecule has 2 atom stereocenters. The summed E-state index contributed by atoms with van der Waals surface area (Å²) in [6.07, 6.45) is -4.61. The molecule has 2 aromatic rings. The van der Waals surface area contributed by atoms with Crippen LogP contribution in [0.1, 0.15) is 15.9 Å². The smallest absolute Gasteiger partial charge is 0.316 e. The number of benzene rings is 2. The number of anilines is 1. The summed E-state index contributed by atoms with van der Waals surface area (Å²) in [5.74, 6) is -1.30. The number of alkyl halides is 3. The van der Waals surface area contributed by atoms with Gasteiger partial charge in [-0.25, -0.2) is 8.42 Å². The van der Waals surface area contributed by atoms with Crippen molar-refractivity contribution in [3.05, 3.63) is 69.8 Å². The monoisotopic (exact) mass is 485 g/mol. The zero-order valence-electron chi connectivity index (χ0n) is 16.0. The van der Waals surface area contributed by atoms with Crippen molar-refractivity contribution in [3.8, 4) is 0 Å². The van der Waals surface area contributed by atoms with Gasteiger partial charge in [-0.15, -0.1) is 0 Å². The molecule has 0 bridgehead atoms. The maximum atomic E-state index is 13.2. The molecule has 1 amide bonds. The first-order chi connectivity index (χ1) is 14.9. The maximum Gasteiger partial charge on any atom is 0.416 e. The summed E-state index contributed by atoms with van der Waals surface area (Å²) in [6.45, 7) is 0. The van der Waals surface area contributed by atoms with Gasteiger partial charge in [0.25, 0.3) is 11.6 Å². The lowest BCUT2D eigenvalue weighted by Crippen LogP contribution is -2.37. The van der Waals surface area contributed by atoms with Crippen LogP contribution in [0.2, 0.25) is 0 Å². The van der Waals surface area contributed by atoms with Crippen LogP contribution in [-0.4, -0.2) is 47.2 Å². The fraction of sp³-hybridized carbons (Fsp3) is 0.263. The Morgan fingerprint density at radius 1 is 1.16 bits per heavy atom. The third kappa shape index (κ3) is 4.35. The van der Waals surface area contributed by atoms with E-state index in [0.717, 1.165) is 30.0 Å². The number of non-ortho nitro benzene ring substituents is 1. The Balaban J connectivity index is 1.75. The van der Waals surface area contributed by atoms with Crippen molar-refractivity contribution in [2.24, 2.45) is 4.99 Å². The van der Waals surface area contributed by atoms with Gasteiger partial charge in [0, 0.05) is 28.6 Å². The van der Waals surface area contributed by atoms with Gasteiger partial charge in [0.2, 0.25) is 0 Å². The summed E-state index contributed by atoms with van der Waals surface area (Å²) in [7, 11) is -3.40. The van der Waals surface area contributed by atoms with Crippen molar-refractivity contribution >= 4 is 44.0 Å². The number of aliphatic imine (C=N–C) groups is 1. The summed E-state index contributed by atoms with van der Waals surface area (Å²) < 4.78 is 63.9. The molecule has 2 heterocycles. The van der Waals surface area contributed by atoms with Crippen LogP contribution in [0.15, 0.2) is 53.5 Å². The second-order valence-electron chi connectivity index (χ2n) is 7.23. The van der Waals surface area contributed by atoms with Crippen LogP contribution in [0, 0.1) is 10.1 Å². The summed E-state index contributed by atoms with van der Waals surface area (Å²) in [4.78, 5) is 28.3. The van der Waals surface area contributed by atoms with Gasteiger partial charge in [-0.05, 0) is 24.3 Å². The van der Waals surface area contributed by atoms with E-state index in [-0.39, 0.29) is 33.6 Å². The van der Waals surface area contributed by atoms with E-state index in [0.29, 0.717) is 0 Å². The number of carbonyl (C=O) groups is 1. The molecular formula is C19H14F3N3O5S2. The molecule has 0 spiro atoms. The number of nitro groups is 1. The molecule has 0 N–H and O–H groups in total. The van der Waals surface area contributed by atoms with E-state index in [9.17, 15) is 36.5 Å². The second kappa shape index (κ2) is 7.89. The molecule has 0 radical (unpaired) electrons. The first-order valence-electron chi connectivity index (χ1n) is 9.16. The number of amides is 1. The molecule has 4 rings (SSSR count). The highest BCUT2D eigenvalue weighted by Gasteiger charge is 2.49. The van der Waals surface area contributed by atoms with Gasteiger partial charge in [-0.2, -0.15) is 18.2 Å². The van der Waals surface area contributed by atoms with E-state index in [4.69, 9.17) is 0 Å². The van der Waals surface area contributed by atoms with Crippen LogP contribution in [0.4, 0.5) is 24.5 Å². The zero-order valence-corrected chi connectivity index (χ0v) is 17.7. The predicted molar refractivity (Wildman–Crippen MR) is 113 cm³/mol. The lowest BCUT2D eigenvalue weighted by molar-refractivity contribution is -0.384. The Morgan fingerprint density at radius 2 is 1.88 bits per heavy atom. The number of fused-ring (bicyclic) bond motifs is 1. The topological polar surface area (TPSA) is 110 Å². The number of hydrogen-bond acceptors (Lipinski definition) is 6.